The number of anilines is 1. The van der Waals surface area contributed by atoms with Crippen molar-refractivity contribution in [3.8, 4) is 0 Å². The summed E-state index contributed by atoms with van der Waals surface area (Å²) in [4.78, 5) is 87.8. The molecule has 1 heterocycles. The molecule has 0 saturated heterocycles. The molecule has 2 aliphatic rings. The van der Waals surface area contributed by atoms with E-state index in [1.807, 2.05) is 46.2 Å². The lowest BCUT2D eigenvalue weighted by molar-refractivity contribution is -0.132. The first-order valence-corrected chi connectivity index (χ1v) is 25.9. The standard InChI is InChI=1S/C52H85N11O11/c1-32(2)43(45(67)58-40(13-12-27-56-46(53)68)44(66)57-35-16-14-34(15-17-35)29-71-47(69)55-11)59-42(65)23-25-51(8,9)74-31-49(4,5)63-41-21-19-37-36(18-20-39(41)61-62-63)38(37)30-72-48(70)60-52(10,54)26-28-73-50(6,7)24-22-33(3)64/h14-17,32,36-38,40,43H,12-13,18-31,54H2,1-11H3,(H,55,69)(H,57,66)(H,58,67)(H,59,65)(H,60,70)(H3,53,56,68)/t36?,37?,38?,40-,43?,52?/m0/s1. The lowest BCUT2D eigenvalue weighted by Crippen LogP contribution is -2.54. The van der Waals surface area contributed by atoms with Crippen LogP contribution in [-0.4, -0.2) is 119 Å². The Kier molecular flexibility index (Phi) is 22.2. The number of amides is 7. The third-order valence-electron chi connectivity index (χ3n) is 13.8. The van der Waals surface area contributed by atoms with Gasteiger partial charge in [-0.15, -0.1) is 5.10 Å². The number of carbonyl (C=O) groups excluding carboxylic acids is 7. The van der Waals surface area contributed by atoms with Gasteiger partial charge < -0.3 is 67.1 Å². The predicted molar refractivity (Wildman–Crippen MR) is 277 cm³/mol. The first-order valence-electron chi connectivity index (χ1n) is 25.9. The SMILES string of the molecule is CNC(=O)OCc1ccc(NC(=O)[C@H](CCCNC(N)=O)NC(=O)C(NC(=O)CCC(C)(C)OCC(C)(C)n2nnc3c2CCC2C(CC3)C2COC(=O)NC(C)(N)CCOC(C)(C)CCC(C)=O)C(C)C)cc1. The van der Waals surface area contributed by atoms with Crippen molar-refractivity contribution >= 4 is 47.4 Å². The molecule has 0 radical (unpaired) electrons. The van der Waals surface area contributed by atoms with E-state index in [-0.39, 0.29) is 56.1 Å². The van der Waals surface area contributed by atoms with Gasteiger partial charge in [-0.2, -0.15) is 0 Å². The molecule has 0 spiro atoms. The van der Waals surface area contributed by atoms with Crippen molar-refractivity contribution in [2.45, 2.75) is 181 Å². The molecule has 1 aromatic heterocycles. The Morgan fingerprint density at radius 2 is 1.47 bits per heavy atom. The second kappa shape index (κ2) is 27.1. The third-order valence-corrected chi connectivity index (χ3v) is 13.8. The number of fused-ring (bicyclic) bond motifs is 2. The number of aromatic nitrogens is 3. The zero-order chi connectivity index (χ0) is 55.0. The first-order chi connectivity index (χ1) is 34.6. The maximum absolute atomic E-state index is 13.8. The van der Waals surface area contributed by atoms with Gasteiger partial charge in [0.1, 0.15) is 24.5 Å². The molecule has 10 N–H and O–H groups in total. The molecular formula is C52H85N11O11. The Balaban J connectivity index is 1.25. The van der Waals surface area contributed by atoms with E-state index in [1.165, 1.54) is 7.05 Å². The highest BCUT2D eigenvalue weighted by molar-refractivity contribution is 5.98. The number of aryl methyl sites for hydroxylation is 1. The number of hydrogen-bond acceptors (Lipinski definition) is 14. The molecule has 4 rings (SSSR count). The van der Waals surface area contributed by atoms with E-state index in [1.54, 1.807) is 52.0 Å². The van der Waals surface area contributed by atoms with Crippen LogP contribution in [0, 0.1) is 23.7 Å². The number of alkyl carbamates (subject to hydrolysis) is 2. The summed E-state index contributed by atoms with van der Waals surface area (Å²) < 4.78 is 25.2. The molecule has 5 unspecified atom stereocenters. The number of rotatable bonds is 29. The maximum Gasteiger partial charge on any atom is 0.408 e. The van der Waals surface area contributed by atoms with Crippen LogP contribution in [0.4, 0.5) is 20.1 Å². The average Bonchev–Trinajstić information content (AvgIpc) is 3.80. The van der Waals surface area contributed by atoms with Gasteiger partial charge >= 0.3 is 18.2 Å². The fourth-order valence-corrected chi connectivity index (χ4v) is 8.97. The minimum atomic E-state index is -1.04. The molecule has 2 aliphatic carbocycles. The maximum atomic E-state index is 13.8. The van der Waals surface area contributed by atoms with Crippen LogP contribution in [0.25, 0.3) is 0 Å². The van der Waals surface area contributed by atoms with Gasteiger partial charge in [-0.25, -0.2) is 19.1 Å². The van der Waals surface area contributed by atoms with E-state index in [0.717, 1.165) is 37.1 Å². The van der Waals surface area contributed by atoms with Gasteiger partial charge in [-0.1, -0.05) is 31.2 Å². The Morgan fingerprint density at radius 1 is 0.824 bits per heavy atom. The van der Waals surface area contributed by atoms with Crippen LogP contribution < -0.4 is 43.4 Å². The Labute approximate surface area is 436 Å². The molecular weight excluding hydrogens is 955 g/mol. The molecule has 22 heteroatoms. The molecule has 414 valence electrons. The number of benzene rings is 1. The van der Waals surface area contributed by atoms with Crippen molar-refractivity contribution in [3.05, 3.63) is 41.2 Å². The molecule has 1 saturated carbocycles. The second-order valence-electron chi connectivity index (χ2n) is 22.3. The summed E-state index contributed by atoms with van der Waals surface area (Å²) in [6, 6.07) is 3.97. The van der Waals surface area contributed by atoms with E-state index in [2.05, 4.69) is 42.2 Å². The van der Waals surface area contributed by atoms with Crippen molar-refractivity contribution in [3.63, 3.8) is 0 Å². The fraction of sp³-hybridized carbons (Fsp3) is 0.712. The first kappa shape index (κ1) is 60.7. The van der Waals surface area contributed by atoms with Crippen LogP contribution in [0.15, 0.2) is 24.3 Å². The number of primary amides is 1. The molecule has 22 nitrogen and oxygen atoms in total. The van der Waals surface area contributed by atoms with Crippen LogP contribution in [0.3, 0.4) is 0 Å². The van der Waals surface area contributed by atoms with E-state index >= 15 is 0 Å². The summed E-state index contributed by atoms with van der Waals surface area (Å²) in [6.45, 7) is 19.8. The van der Waals surface area contributed by atoms with E-state index in [0.29, 0.717) is 68.4 Å². The van der Waals surface area contributed by atoms with Gasteiger partial charge in [0.05, 0.1) is 53.6 Å². The number of ether oxygens (including phenoxy) is 4. The number of nitrogens with two attached hydrogens (primary N) is 2. The Morgan fingerprint density at radius 3 is 2.11 bits per heavy atom. The number of hydrogen-bond donors (Lipinski definition) is 8. The minimum Gasteiger partial charge on any atom is -0.449 e. The van der Waals surface area contributed by atoms with Gasteiger partial charge in [-0.3, -0.25) is 14.4 Å². The summed E-state index contributed by atoms with van der Waals surface area (Å²) in [7, 11) is 1.46. The zero-order valence-electron chi connectivity index (χ0n) is 45.6. The summed E-state index contributed by atoms with van der Waals surface area (Å²) in [5.41, 5.74) is 11.9. The predicted octanol–water partition coefficient (Wildman–Crippen LogP) is 4.85. The number of Topliss-reactive ketones (excluding diaryl/α,β-unsaturated/α-hetero) is 1. The molecule has 0 aliphatic heterocycles. The van der Waals surface area contributed by atoms with Crippen LogP contribution in [0.2, 0.25) is 0 Å². The Bertz CT molecular complexity index is 2230. The topological polar surface area (TPSA) is 311 Å². The van der Waals surface area contributed by atoms with Crippen molar-refractivity contribution in [1.29, 1.82) is 0 Å². The monoisotopic (exact) mass is 1040 g/mol. The van der Waals surface area contributed by atoms with E-state index in [9.17, 15) is 33.6 Å². The van der Waals surface area contributed by atoms with Gasteiger partial charge in [0.25, 0.3) is 0 Å². The molecule has 74 heavy (non-hydrogen) atoms. The van der Waals surface area contributed by atoms with Crippen molar-refractivity contribution < 1.29 is 52.5 Å². The quantitative estimate of drug-likeness (QED) is 0.0399. The summed E-state index contributed by atoms with van der Waals surface area (Å²) in [6.07, 6.45) is 4.48. The van der Waals surface area contributed by atoms with Gasteiger partial charge in [0.2, 0.25) is 17.7 Å². The Hall–Kier alpha value is -5.87. The largest absolute Gasteiger partial charge is 0.449 e. The average molecular weight is 1040 g/mol. The van der Waals surface area contributed by atoms with Crippen LogP contribution in [-0.2, 0) is 63.1 Å². The number of carbonyl (C=O) groups is 7. The third kappa shape index (κ3) is 20.1. The lowest BCUT2D eigenvalue weighted by Gasteiger charge is -2.33. The fourth-order valence-electron chi connectivity index (χ4n) is 8.97. The molecule has 6 atom stereocenters. The zero-order valence-corrected chi connectivity index (χ0v) is 45.6. The van der Waals surface area contributed by atoms with Crippen molar-refractivity contribution in [2.75, 3.05) is 38.7 Å². The minimum absolute atomic E-state index is 0.0321. The molecule has 2 aromatic rings. The lowest BCUT2D eigenvalue weighted by atomic mass is 9.98. The molecule has 1 aromatic carbocycles. The summed E-state index contributed by atoms with van der Waals surface area (Å²) in [5, 5.41) is 25.3. The van der Waals surface area contributed by atoms with Gasteiger partial charge in [-0.05, 0) is 148 Å². The highest BCUT2D eigenvalue weighted by atomic mass is 16.6. The normalized spacial score (nSPS) is 18.1. The van der Waals surface area contributed by atoms with E-state index < -0.39 is 64.5 Å². The number of ketones is 1. The van der Waals surface area contributed by atoms with Gasteiger partial charge in [0, 0.05) is 38.5 Å². The smallest absolute Gasteiger partial charge is 0.408 e. The number of urea groups is 1. The molecule has 0 bridgehead atoms. The van der Waals surface area contributed by atoms with Gasteiger partial charge in [0.15, 0.2) is 0 Å². The van der Waals surface area contributed by atoms with E-state index in [4.69, 9.17) is 30.4 Å². The second-order valence-corrected chi connectivity index (χ2v) is 22.3. The highest BCUT2D eigenvalue weighted by Gasteiger charge is 2.51. The summed E-state index contributed by atoms with van der Waals surface area (Å²) in [5.74, 6) is -0.563. The summed E-state index contributed by atoms with van der Waals surface area (Å²) >= 11 is 0. The van der Waals surface area contributed by atoms with Crippen molar-refractivity contribution in [2.24, 2.45) is 35.1 Å². The van der Waals surface area contributed by atoms with Crippen molar-refractivity contribution in [1.82, 2.24) is 41.6 Å². The van der Waals surface area contributed by atoms with Crippen LogP contribution >= 0.6 is 0 Å². The molecule has 7 amide bonds. The number of nitrogens with zero attached hydrogens (tertiary/aromatic N) is 3. The molecule has 1 fully saturated rings. The van der Waals surface area contributed by atoms with Crippen LogP contribution in [0.5, 0.6) is 0 Å². The highest BCUT2D eigenvalue weighted by Crippen LogP contribution is 2.53. The van der Waals surface area contributed by atoms with Crippen LogP contribution in [0.1, 0.15) is 144 Å². The number of nitrogens with one attached hydrogen (secondary N) is 6.